The quantitative estimate of drug-likeness (QED) is 0.664. The van der Waals surface area contributed by atoms with Crippen molar-refractivity contribution >= 4 is 11.6 Å². The molecule has 0 bridgehead atoms. The number of nitrogens with zero attached hydrogens (tertiary/aromatic N) is 5. The number of Topliss-reactive ketones (excluding diaryl/α,β-unsaturated/α-hetero) is 1. The van der Waals surface area contributed by atoms with E-state index in [1.165, 1.54) is 6.92 Å². The Morgan fingerprint density at radius 1 is 1.15 bits per heavy atom. The standard InChI is InChI=1S/C14H13N5O/c1-8-12(10(3)20)9(2)19-14(16-8)17-13(18-19)11-4-6-15-7-5-11/h4-7H,1-3H3. The van der Waals surface area contributed by atoms with Crippen LogP contribution in [0.1, 0.15) is 28.7 Å². The van der Waals surface area contributed by atoms with Crippen LogP contribution in [0.5, 0.6) is 0 Å². The second kappa shape index (κ2) is 4.48. The average Bonchev–Trinajstić information content (AvgIpc) is 2.83. The maximum Gasteiger partial charge on any atom is 0.253 e. The first kappa shape index (κ1) is 12.4. The van der Waals surface area contributed by atoms with Gasteiger partial charge in [0.25, 0.3) is 5.78 Å². The Balaban J connectivity index is 2.27. The molecule has 0 aromatic carbocycles. The Bertz CT molecular complexity index is 807. The van der Waals surface area contributed by atoms with Crippen LogP contribution in [0.15, 0.2) is 24.5 Å². The van der Waals surface area contributed by atoms with Crippen LogP contribution in [-0.2, 0) is 0 Å². The molecule has 100 valence electrons. The van der Waals surface area contributed by atoms with Gasteiger partial charge in [-0.15, -0.1) is 5.10 Å². The van der Waals surface area contributed by atoms with Gasteiger partial charge in [-0.05, 0) is 32.9 Å². The molecule has 0 aliphatic heterocycles. The summed E-state index contributed by atoms with van der Waals surface area (Å²) in [5.41, 5.74) is 2.90. The molecule has 3 aromatic heterocycles. The zero-order valence-electron chi connectivity index (χ0n) is 11.5. The summed E-state index contributed by atoms with van der Waals surface area (Å²) >= 11 is 0. The molecule has 20 heavy (non-hydrogen) atoms. The molecule has 0 radical (unpaired) electrons. The van der Waals surface area contributed by atoms with E-state index < -0.39 is 0 Å². The van der Waals surface area contributed by atoms with Gasteiger partial charge < -0.3 is 0 Å². The third-order valence-electron chi connectivity index (χ3n) is 3.19. The van der Waals surface area contributed by atoms with Gasteiger partial charge in [-0.2, -0.15) is 4.98 Å². The van der Waals surface area contributed by atoms with E-state index in [4.69, 9.17) is 0 Å². The van der Waals surface area contributed by atoms with Crippen LogP contribution in [0, 0.1) is 13.8 Å². The van der Waals surface area contributed by atoms with Crippen molar-refractivity contribution in [3.8, 4) is 11.4 Å². The van der Waals surface area contributed by atoms with Crippen molar-refractivity contribution in [3.05, 3.63) is 41.5 Å². The number of pyridine rings is 1. The lowest BCUT2D eigenvalue weighted by atomic mass is 10.1. The number of aromatic nitrogens is 5. The van der Waals surface area contributed by atoms with Gasteiger partial charge in [-0.25, -0.2) is 9.50 Å². The van der Waals surface area contributed by atoms with Crippen molar-refractivity contribution in [3.63, 3.8) is 0 Å². The highest BCUT2D eigenvalue weighted by atomic mass is 16.1. The summed E-state index contributed by atoms with van der Waals surface area (Å²) in [7, 11) is 0. The summed E-state index contributed by atoms with van der Waals surface area (Å²) in [6, 6.07) is 3.67. The third-order valence-corrected chi connectivity index (χ3v) is 3.19. The number of ketones is 1. The summed E-state index contributed by atoms with van der Waals surface area (Å²) < 4.78 is 1.61. The fourth-order valence-corrected chi connectivity index (χ4v) is 2.31. The largest absolute Gasteiger partial charge is 0.294 e. The fourth-order valence-electron chi connectivity index (χ4n) is 2.31. The second-order valence-electron chi connectivity index (χ2n) is 4.60. The van der Waals surface area contributed by atoms with Crippen molar-refractivity contribution in [2.75, 3.05) is 0 Å². The van der Waals surface area contributed by atoms with Crippen LogP contribution in [0.2, 0.25) is 0 Å². The van der Waals surface area contributed by atoms with Crippen molar-refractivity contribution in [2.24, 2.45) is 0 Å². The van der Waals surface area contributed by atoms with E-state index in [0.717, 1.165) is 11.3 Å². The minimum absolute atomic E-state index is 0.0182. The first-order valence-electron chi connectivity index (χ1n) is 6.23. The van der Waals surface area contributed by atoms with Gasteiger partial charge in [0, 0.05) is 18.0 Å². The smallest absolute Gasteiger partial charge is 0.253 e. The maximum atomic E-state index is 11.7. The van der Waals surface area contributed by atoms with Gasteiger partial charge in [0.05, 0.1) is 17.0 Å². The Morgan fingerprint density at radius 3 is 2.50 bits per heavy atom. The van der Waals surface area contributed by atoms with Crippen molar-refractivity contribution in [1.82, 2.24) is 24.6 Å². The van der Waals surface area contributed by atoms with Crippen molar-refractivity contribution in [1.29, 1.82) is 0 Å². The highest BCUT2D eigenvalue weighted by Crippen LogP contribution is 2.18. The van der Waals surface area contributed by atoms with Crippen LogP contribution in [0.25, 0.3) is 17.2 Å². The molecule has 0 saturated heterocycles. The molecule has 0 unspecified atom stereocenters. The lowest BCUT2D eigenvalue weighted by Gasteiger charge is -2.06. The van der Waals surface area contributed by atoms with Gasteiger partial charge >= 0.3 is 0 Å². The number of fused-ring (bicyclic) bond motifs is 1. The molecule has 0 atom stereocenters. The Hall–Kier alpha value is -2.63. The number of carbonyl (C=O) groups is 1. The van der Waals surface area contributed by atoms with Crippen molar-refractivity contribution < 1.29 is 4.79 Å². The van der Waals surface area contributed by atoms with Crippen LogP contribution < -0.4 is 0 Å². The van der Waals surface area contributed by atoms with E-state index in [1.807, 2.05) is 26.0 Å². The fraction of sp³-hybridized carbons (Fsp3) is 0.214. The molecule has 6 heteroatoms. The number of carbonyl (C=O) groups excluding carboxylic acids is 1. The van der Waals surface area contributed by atoms with Crippen molar-refractivity contribution in [2.45, 2.75) is 20.8 Å². The summed E-state index contributed by atoms with van der Waals surface area (Å²) in [4.78, 5) is 24.4. The highest BCUT2D eigenvalue weighted by molar-refractivity contribution is 5.96. The first-order valence-corrected chi connectivity index (χ1v) is 6.23. The van der Waals surface area contributed by atoms with Crippen LogP contribution in [0.3, 0.4) is 0 Å². The molecule has 3 rings (SSSR count). The third kappa shape index (κ3) is 1.85. The molecule has 6 nitrogen and oxygen atoms in total. The van der Waals surface area contributed by atoms with Gasteiger partial charge in [0.1, 0.15) is 0 Å². The Labute approximate surface area is 115 Å². The van der Waals surface area contributed by atoms with E-state index in [0.29, 0.717) is 22.9 Å². The number of rotatable bonds is 2. The molecule has 0 N–H and O–H groups in total. The van der Waals surface area contributed by atoms with Crippen LogP contribution >= 0.6 is 0 Å². The molecule has 0 aliphatic rings. The van der Waals surface area contributed by atoms with E-state index in [2.05, 4.69) is 20.1 Å². The Morgan fingerprint density at radius 2 is 1.85 bits per heavy atom. The van der Waals surface area contributed by atoms with Gasteiger partial charge in [-0.3, -0.25) is 9.78 Å². The lowest BCUT2D eigenvalue weighted by molar-refractivity contribution is 0.101. The zero-order chi connectivity index (χ0) is 14.3. The average molecular weight is 267 g/mol. The molecule has 0 aliphatic carbocycles. The number of hydrogen-bond donors (Lipinski definition) is 0. The molecule has 0 spiro atoms. The summed E-state index contributed by atoms with van der Waals surface area (Å²) in [6.45, 7) is 5.19. The predicted octanol–water partition coefficient (Wildman–Crippen LogP) is 2.01. The summed E-state index contributed by atoms with van der Waals surface area (Å²) in [5.74, 6) is 1.05. The molecule has 3 aromatic rings. The van der Waals surface area contributed by atoms with E-state index in [1.54, 1.807) is 16.9 Å². The normalized spacial score (nSPS) is 10.9. The molecule has 0 fully saturated rings. The molecule has 3 heterocycles. The van der Waals surface area contributed by atoms with E-state index in [9.17, 15) is 4.79 Å². The topological polar surface area (TPSA) is 73.0 Å². The monoisotopic (exact) mass is 267 g/mol. The SMILES string of the molecule is CC(=O)c1c(C)nc2nc(-c3ccncc3)nn2c1C. The first-order chi connectivity index (χ1) is 9.58. The summed E-state index contributed by atoms with van der Waals surface area (Å²) in [5, 5.41) is 4.43. The van der Waals surface area contributed by atoms with Gasteiger partial charge in [0.2, 0.25) is 0 Å². The lowest BCUT2D eigenvalue weighted by Crippen LogP contribution is -2.09. The second-order valence-corrected chi connectivity index (χ2v) is 4.60. The highest BCUT2D eigenvalue weighted by Gasteiger charge is 2.16. The minimum atomic E-state index is -0.0182. The minimum Gasteiger partial charge on any atom is -0.294 e. The molecule has 0 saturated carbocycles. The molecular formula is C14H13N5O. The maximum absolute atomic E-state index is 11.7. The summed E-state index contributed by atoms with van der Waals surface area (Å²) in [6.07, 6.45) is 3.38. The van der Waals surface area contributed by atoms with E-state index >= 15 is 0 Å². The number of aryl methyl sites for hydroxylation is 2. The van der Waals surface area contributed by atoms with Crippen LogP contribution in [0.4, 0.5) is 0 Å². The molecular weight excluding hydrogens is 254 g/mol. The van der Waals surface area contributed by atoms with E-state index in [-0.39, 0.29) is 5.78 Å². The predicted molar refractivity (Wildman–Crippen MR) is 73.5 cm³/mol. The number of hydrogen-bond acceptors (Lipinski definition) is 5. The Kier molecular flexibility index (Phi) is 2.78. The van der Waals surface area contributed by atoms with Gasteiger partial charge in [-0.1, -0.05) is 0 Å². The van der Waals surface area contributed by atoms with Crippen LogP contribution in [-0.4, -0.2) is 30.3 Å². The molecule has 0 amide bonds. The zero-order valence-corrected chi connectivity index (χ0v) is 11.5. The van der Waals surface area contributed by atoms with Gasteiger partial charge in [0.15, 0.2) is 11.6 Å².